The Balaban J connectivity index is 1.66. The van der Waals surface area contributed by atoms with Crippen LogP contribution in [0.4, 0.5) is 0 Å². The lowest BCUT2D eigenvalue weighted by Gasteiger charge is -2.03. The van der Waals surface area contributed by atoms with Crippen molar-refractivity contribution in [1.29, 1.82) is 0 Å². The minimum absolute atomic E-state index is 0.180. The highest BCUT2D eigenvalue weighted by Gasteiger charge is 2.22. The van der Waals surface area contributed by atoms with Crippen molar-refractivity contribution in [2.24, 2.45) is 0 Å². The number of carbonyl (C=O) groups is 1. The summed E-state index contributed by atoms with van der Waals surface area (Å²) in [7, 11) is 0. The Hall–Kier alpha value is -0.960. The maximum atomic E-state index is 11.4. The van der Waals surface area contributed by atoms with Gasteiger partial charge < -0.3 is 5.32 Å². The molecule has 0 aliphatic heterocycles. The lowest BCUT2D eigenvalue weighted by Crippen LogP contribution is -2.27. The van der Waals surface area contributed by atoms with Gasteiger partial charge in [-0.15, -0.1) is 11.8 Å². The van der Waals surface area contributed by atoms with Crippen LogP contribution in [0.3, 0.4) is 0 Å². The predicted octanol–water partition coefficient (Wildman–Crippen LogP) is 2.51. The summed E-state index contributed by atoms with van der Waals surface area (Å²) >= 11 is 1.68. The van der Waals surface area contributed by atoms with Crippen molar-refractivity contribution in [3.05, 3.63) is 35.4 Å². The number of carbonyl (C=O) groups excluding carboxylic acids is 1. The van der Waals surface area contributed by atoms with Crippen LogP contribution in [0, 0.1) is 6.92 Å². The molecule has 1 aliphatic carbocycles. The molecule has 0 atom stereocenters. The number of hydrogen-bond donors (Lipinski definition) is 1. The van der Waals surface area contributed by atoms with Gasteiger partial charge in [0.15, 0.2) is 0 Å². The van der Waals surface area contributed by atoms with Crippen LogP contribution in [0.15, 0.2) is 24.3 Å². The number of hydrogen-bond acceptors (Lipinski definition) is 2. The minimum atomic E-state index is 0.180. The first-order valence-corrected chi connectivity index (χ1v) is 6.82. The third-order valence-corrected chi connectivity index (χ3v) is 3.57. The third kappa shape index (κ3) is 3.89. The molecule has 2 rings (SSSR count). The van der Waals surface area contributed by atoms with Crippen LogP contribution >= 0.6 is 11.8 Å². The fourth-order valence-electron chi connectivity index (χ4n) is 1.44. The zero-order valence-corrected chi connectivity index (χ0v) is 10.3. The molecule has 0 saturated heterocycles. The molecule has 86 valence electrons. The molecule has 1 aromatic carbocycles. The summed E-state index contributed by atoms with van der Waals surface area (Å²) in [5.74, 6) is 1.67. The van der Waals surface area contributed by atoms with E-state index in [0.29, 0.717) is 11.8 Å². The first kappa shape index (κ1) is 11.5. The second-order valence-corrected chi connectivity index (χ2v) is 5.31. The van der Waals surface area contributed by atoms with Gasteiger partial charge in [-0.2, -0.15) is 0 Å². The Bertz CT molecular complexity index is 357. The van der Waals surface area contributed by atoms with Crippen LogP contribution in [0.25, 0.3) is 0 Å². The Labute approximate surface area is 101 Å². The quantitative estimate of drug-likeness (QED) is 0.849. The molecular weight excluding hydrogens is 218 g/mol. The van der Waals surface area contributed by atoms with E-state index in [2.05, 4.69) is 36.5 Å². The molecule has 1 aliphatic rings. The van der Waals surface area contributed by atoms with E-state index in [-0.39, 0.29) is 5.91 Å². The van der Waals surface area contributed by atoms with Crippen molar-refractivity contribution in [2.75, 3.05) is 5.75 Å². The maximum absolute atomic E-state index is 11.4. The second-order valence-electron chi connectivity index (χ2n) is 4.32. The van der Waals surface area contributed by atoms with Crippen molar-refractivity contribution in [2.45, 2.75) is 31.6 Å². The molecule has 2 nitrogen and oxygen atoms in total. The van der Waals surface area contributed by atoms with Crippen LogP contribution in [-0.2, 0) is 10.5 Å². The summed E-state index contributed by atoms with van der Waals surface area (Å²) in [6.07, 6.45) is 2.32. The van der Waals surface area contributed by atoms with E-state index < -0.39 is 0 Å². The molecule has 0 spiro atoms. The van der Waals surface area contributed by atoms with Crippen molar-refractivity contribution >= 4 is 17.7 Å². The Morgan fingerprint density at radius 2 is 2.06 bits per heavy atom. The number of benzene rings is 1. The zero-order chi connectivity index (χ0) is 11.4. The molecule has 0 aromatic heterocycles. The van der Waals surface area contributed by atoms with Gasteiger partial charge >= 0.3 is 0 Å². The van der Waals surface area contributed by atoms with Crippen LogP contribution in [0.2, 0.25) is 0 Å². The van der Waals surface area contributed by atoms with Gasteiger partial charge in [-0.3, -0.25) is 4.79 Å². The zero-order valence-electron chi connectivity index (χ0n) is 9.53. The number of aryl methyl sites for hydroxylation is 1. The molecule has 0 unspecified atom stereocenters. The average molecular weight is 235 g/mol. The van der Waals surface area contributed by atoms with Crippen molar-refractivity contribution in [3.63, 3.8) is 0 Å². The molecule has 16 heavy (non-hydrogen) atoms. The van der Waals surface area contributed by atoms with Gasteiger partial charge in [0.25, 0.3) is 0 Å². The Kier molecular flexibility index (Phi) is 3.88. The summed E-state index contributed by atoms with van der Waals surface area (Å²) in [6, 6.07) is 8.95. The lowest BCUT2D eigenvalue weighted by atomic mass is 10.2. The minimum Gasteiger partial charge on any atom is -0.353 e. The van der Waals surface area contributed by atoms with E-state index in [0.717, 1.165) is 18.6 Å². The highest BCUT2D eigenvalue weighted by molar-refractivity contribution is 7.99. The molecule has 1 aromatic rings. The summed E-state index contributed by atoms with van der Waals surface area (Å²) in [5.41, 5.74) is 2.56. The standard InChI is InChI=1S/C13H17NOS/c1-10-2-4-11(5-3-10)8-16-9-13(15)14-12-6-7-12/h2-5,12H,6-9H2,1H3,(H,14,15). The van der Waals surface area contributed by atoms with Crippen LogP contribution in [0.1, 0.15) is 24.0 Å². The predicted molar refractivity (Wildman–Crippen MR) is 68.5 cm³/mol. The van der Waals surface area contributed by atoms with Gasteiger partial charge in [-0.05, 0) is 25.3 Å². The largest absolute Gasteiger partial charge is 0.353 e. The van der Waals surface area contributed by atoms with Gasteiger partial charge in [0.05, 0.1) is 5.75 Å². The van der Waals surface area contributed by atoms with Gasteiger partial charge in [-0.25, -0.2) is 0 Å². The number of nitrogens with one attached hydrogen (secondary N) is 1. The van der Waals surface area contributed by atoms with Gasteiger partial charge in [0.1, 0.15) is 0 Å². The highest BCUT2D eigenvalue weighted by atomic mass is 32.2. The van der Waals surface area contributed by atoms with E-state index in [9.17, 15) is 4.79 Å². The van der Waals surface area contributed by atoms with Gasteiger partial charge in [-0.1, -0.05) is 29.8 Å². The first-order valence-electron chi connectivity index (χ1n) is 5.67. The lowest BCUT2D eigenvalue weighted by molar-refractivity contribution is -0.118. The van der Waals surface area contributed by atoms with Crippen LogP contribution in [0.5, 0.6) is 0 Å². The molecule has 1 saturated carbocycles. The third-order valence-electron chi connectivity index (χ3n) is 2.56. The summed E-state index contributed by atoms with van der Waals surface area (Å²) in [5, 5.41) is 2.99. The number of rotatable bonds is 5. The van der Waals surface area contributed by atoms with Gasteiger partial charge in [0, 0.05) is 11.8 Å². The SMILES string of the molecule is Cc1ccc(CSCC(=O)NC2CC2)cc1. The molecular formula is C13H17NOS. The fraction of sp³-hybridized carbons (Fsp3) is 0.462. The van der Waals surface area contributed by atoms with Crippen molar-refractivity contribution in [3.8, 4) is 0 Å². The summed E-state index contributed by atoms with van der Waals surface area (Å²) in [4.78, 5) is 11.4. The van der Waals surface area contributed by atoms with E-state index in [1.165, 1.54) is 11.1 Å². The molecule has 0 bridgehead atoms. The number of amides is 1. The normalized spacial score (nSPS) is 14.8. The molecule has 1 amide bonds. The highest BCUT2D eigenvalue weighted by Crippen LogP contribution is 2.19. The molecule has 0 radical (unpaired) electrons. The van der Waals surface area contributed by atoms with Crippen LogP contribution in [-0.4, -0.2) is 17.7 Å². The van der Waals surface area contributed by atoms with E-state index in [1.807, 2.05) is 0 Å². The monoisotopic (exact) mass is 235 g/mol. The molecule has 1 N–H and O–H groups in total. The summed E-state index contributed by atoms with van der Waals surface area (Å²) < 4.78 is 0. The second kappa shape index (κ2) is 5.39. The maximum Gasteiger partial charge on any atom is 0.230 e. The van der Waals surface area contributed by atoms with E-state index in [4.69, 9.17) is 0 Å². The topological polar surface area (TPSA) is 29.1 Å². The Morgan fingerprint density at radius 1 is 1.38 bits per heavy atom. The number of thioether (sulfide) groups is 1. The smallest absolute Gasteiger partial charge is 0.230 e. The average Bonchev–Trinajstić information content (AvgIpc) is 3.05. The molecule has 3 heteroatoms. The molecule has 0 heterocycles. The molecule has 1 fully saturated rings. The fourth-order valence-corrected chi connectivity index (χ4v) is 2.24. The van der Waals surface area contributed by atoms with Crippen LogP contribution < -0.4 is 5.32 Å². The Morgan fingerprint density at radius 3 is 2.69 bits per heavy atom. The van der Waals surface area contributed by atoms with Crippen molar-refractivity contribution in [1.82, 2.24) is 5.32 Å². The van der Waals surface area contributed by atoms with E-state index in [1.54, 1.807) is 11.8 Å². The van der Waals surface area contributed by atoms with E-state index >= 15 is 0 Å². The summed E-state index contributed by atoms with van der Waals surface area (Å²) in [6.45, 7) is 2.08. The van der Waals surface area contributed by atoms with Crippen molar-refractivity contribution < 1.29 is 4.79 Å². The first-order chi connectivity index (χ1) is 7.74. The van der Waals surface area contributed by atoms with Gasteiger partial charge in [0.2, 0.25) is 5.91 Å².